The third kappa shape index (κ3) is 3.47. The van der Waals surface area contributed by atoms with Crippen LogP contribution in [0.3, 0.4) is 0 Å². The lowest BCUT2D eigenvalue weighted by Gasteiger charge is -2.32. The molecule has 88 valence electrons. The monoisotopic (exact) mass is 214 g/mol. The van der Waals surface area contributed by atoms with E-state index in [-0.39, 0.29) is 18.1 Å². The molecule has 1 amide bonds. The molecule has 4 nitrogen and oxygen atoms in total. The Hall–Kier alpha value is -0.610. The van der Waals surface area contributed by atoms with Crippen LogP contribution in [0.5, 0.6) is 0 Å². The summed E-state index contributed by atoms with van der Waals surface area (Å²) in [7, 11) is 3.41. The quantitative estimate of drug-likeness (QED) is 0.723. The second kappa shape index (κ2) is 6.08. The Balaban J connectivity index is 2.43. The fourth-order valence-corrected chi connectivity index (χ4v) is 2.18. The minimum absolute atomic E-state index is 0.0374. The van der Waals surface area contributed by atoms with Gasteiger partial charge >= 0.3 is 0 Å². The summed E-state index contributed by atoms with van der Waals surface area (Å²) in [6.07, 6.45) is 4.89. The van der Waals surface area contributed by atoms with E-state index in [1.165, 1.54) is 12.8 Å². The predicted molar refractivity (Wildman–Crippen MR) is 59.7 cm³/mol. The fourth-order valence-electron chi connectivity index (χ4n) is 2.18. The van der Waals surface area contributed by atoms with Gasteiger partial charge in [-0.05, 0) is 19.8 Å². The zero-order valence-corrected chi connectivity index (χ0v) is 9.88. The first-order valence-electron chi connectivity index (χ1n) is 5.69. The lowest BCUT2D eigenvalue weighted by atomic mass is 9.92. The van der Waals surface area contributed by atoms with Crippen LogP contribution in [0, 0.1) is 0 Å². The maximum absolute atomic E-state index is 11.4. The van der Waals surface area contributed by atoms with Crippen LogP contribution in [0.25, 0.3) is 0 Å². The number of methoxy groups -OCH3 is 1. The number of hydrogen-bond donors (Lipinski definition) is 2. The number of ether oxygens (including phenoxy) is 1. The van der Waals surface area contributed by atoms with Crippen LogP contribution in [0.4, 0.5) is 0 Å². The van der Waals surface area contributed by atoms with Crippen LogP contribution in [0.2, 0.25) is 0 Å². The van der Waals surface area contributed by atoms with Crippen molar-refractivity contribution in [3.63, 3.8) is 0 Å². The maximum atomic E-state index is 11.4. The van der Waals surface area contributed by atoms with Crippen LogP contribution in [-0.2, 0) is 9.53 Å². The van der Waals surface area contributed by atoms with E-state index >= 15 is 0 Å². The van der Waals surface area contributed by atoms with Gasteiger partial charge in [-0.15, -0.1) is 0 Å². The highest BCUT2D eigenvalue weighted by molar-refractivity contribution is 5.80. The molecule has 0 aromatic rings. The van der Waals surface area contributed by atoms with Crippen molar-refractivity contribution in [2.24, 2.45) is 0 Å². The second-order valence-corrected chi connectivity index (χ2v) is 4.17. The largest absolute Gasteiger partial charge is 0.380 e. The van der Waals surface area contributed by atoms with E-state index in [1.807, 2.05) is 6.92 Å². The van der Waals surface area contributed by atoms with Gasteiger partial charge in [0.1, 0.15) is 0 Å². The highest BCUT2D eigenvalue weighted by atomic mass is 16.5. The third-order valence-electron chi connectivity index (χ3n) is 3.11. The van der Waals surface area contributed by atoms with Crippen molar-refractivity contribution >= 4 is 5.91 Å². The van der Waals surface area contributed by atoms with E-state index < -0.39 is 0 Å². The number of likely N-dealkylation sites (N-methyl/N-ethyl adjacent to an activating group) is 1. The highest BCUT2D eigenvalue weighted by Gasteiger charge is 2.27. The van der Waals surface area contributed by atoms with Crippen molar-refractivity contribution in [1.82, 2.24) is 10.6 Å². The Labute approximate surface area is 91.8 Å². The molecular formula is C11H22N2O2. The minimum Gasteiger partial charge on any atom is -0.380 e. The molecule has 0 radical (unpaired) electrons. The second-order valence-electron chi connectivity index (χ2n) is 4.17. The molecule has 1 rings (SSSR count). The van der Waals surface area contributed by atoms with Gasteiger partial charge in [-0.1, -0.05) is 12.8 Å². The SMILES string of the molecule is CNC(=O)C(C)NC1CCCCC1OC. The standard InChI is InChI=1S/C11H22N2O2/c1-8(11(14)12-2)13-9-6-4-5-7-10(9)15-3/h8-10,13H,4-7H2,1-3H3,(H,12,14). The summed E-state index contributed by atoms with van der Waals surface area (Å²) in [5.41, 5.74) is 0. The molecular weight excluding hydrogens is 192 g/mol. The lowest BCUT2D eigenvalue weighted by molar-refractivity contribution is -0.122. The highest BCUT2D eigenvalue weighted by Crippen LogP contribution is 2.21. The summed E-state index contributed by atoms with van der Waals surface area (Å²) in [5.74, 6) is 0.0374. The Kier molecular flexibility index (Phi) is 5.05. The molecule has 1 fully saturated rings. The molecule has 0 bridgehead atoms. The molecule has 0 saturated heterocycles. The number of carbonyl (C=O) groups is 1. The molecule has 0 aliphatic heterocycles. The van der Waals surface area contributed by atoms with Gasteiger partial charge in [0.2, 0.25) is 5.91 Å². The Morgan fingerprint density at radius 1 is 1.40 bits per heavy atom. The molecule has 0 spiro atoms. The van der Waals surface area contributed by atoms with E-state index in [0.29, 0.717) is 6.04 Å². The average Bonchev–Trinajstić information content (AvgIpc) is 2.28. The van der Waals surface area contributed by atoms with Crippen molar-refractivity contribution in [2.45, 2.75) is 50.8 Å². The summed E-state index contributed by atoms with van der Waals surface area (Å²) in [4.78, 5) is 11.4. The average molecular weight is 214 g/mol. The Morgan fingerprint density at radius 3 is 2.67 bits per heavy atom. The Morgan fingerprint density at radius 2 is 2.07 bits per heavy atom. The summed E-state index contributed by atoms with van der Waals surface area (Å²) in [6, 6.07) is 0.173. The molecule has 0 aromatic carbocycles. The smallest absolute Gasteiger partial charge is 0.236 e. The van der Waals surface area contributed by atoms with Crippen molar-refractivity contribution < 1.29 is 9.53 Å². The summed E-state index contributed by atoms with van der Waals surface area (Å²) in [5, 5.41) is 5.98. The lowest BCUT2D eigenvalue weighted by Crippen LogP contribution is -2.51. The molecule has 4 heteroatoms. The van der Waals surface area contributed by atoms with Gasteiger partial charge < -0.3 is 15.4 Å². The number of nitrogens with one attached hydrogen (secondary N) is 2. The van der Waals surface area contributed by atoms with Crippen LogP contribution >= 0.6 is 0 Å². The predicted octanol–water partition coefficient (Wildman–Crippen LogP) is 0.668. The third-order valence-corrected chi connectivity index (χ3v) is 3.11. The normalized spacial score (nSPS) is 28.5. The van der Waals surface area contributed by atoms with E-state index in [9.17, 15) is 4.79 Å². The molecule has 3 atom stereocenters. The Bertz CT molecular complexity index is 209. The summed E-state index contributed by atoms with van der Waals surface area (Å²) in [6.45, 7) is 1.89. The maximum Gasteiger partial charge on any atom is 0.236 e. The first-order chi connectivity index (χ1) is 7.19. The van der Waals surface area contributed by atoms with Gasteiger partial charge in [-0.2, -0.15) is 0 Å². The molecule has 1 saturated carbocycles. The van der Waals surface area contributed by atoms with Gasteiger partial charge in [-0.25, -0.2) is 0 Å². The van der Waals surface area contributed by atoms with Crippen molar-refractivity contribution in [3.8, 4) is 0 Å². The van der Waals surface area contributed by atoms with Crippen molar-refractivity contribution in [2.75, 3.05) is 14.2 Å². The molecule has 2 N–H and O–H groups in total. The number of carbonyl (C=O) groups excluding carboxylic acids is 1. The topological polar surface area (TPSA) is 50.4 Å². The van der Waals surface area contributed by atoms with Gasteiger partial charge in [0.15, 0.2) is 0 Å². The molecule has 0 aromatic heterocycles. The molecule has 1 aliphatic rings. The summed E-state index contributed by atoms with van der Waals surface area (Å²) >= 11 is 0. The van der Waals surface area contributed by atoms with Crippen LogP contribution in [0.1, 0.15) is 32.6 Å². The molecule has 15 heavy (non-hydrogen) atoms. The molecule has 1 aliphatic carbocycles. The van der Waals surface area contributed by atoms with E-state index in [0.717, 1.165) is 12.8 Å². The van der Waals surface area contributed by atoms with Gasteiger partial charge in [-0.3, -0.25) is 4.79 Å². The van der Waals surface area contributed by atoms with Crippen molar-refractivity contribution in [1.29, 1.82) is 0 Å². The molecule has 3 unspecified atom stereocenters. The van der Waals surface area contributed by atoms with Crippen LogP contribution < -0.4 is 10.6 Å². The fraction of sp³-hybridized carbons (Fsp3) is 0.909. The number of rotatable bonds is 4. The number of hydrogen-bond acceptors (Lipinski definition) is 3. The zero-order chi connectivity index (χ0) is 11.3. The van der Waals surface area contributed by atoms with Gasteiger partial charge in [0.05, 0.1) is 12.1 Å². The van der Waals surface area contributed by atoms with Gasteiger partial charge in [0, 0.05) is 20.2 Å². The minimum atomic E-state index is -0.143. The first kappa shape index (κ1) is 12.5. The van der Waals surface area contributed by atoms with Crippen LogP contribution in [0.15, 0.2) is 0 Å². The van der Waals surface area contributed by atoms with E-state index in [2.05, 4.69) is 10.6 Å². The number of amides is 1. The molecule has 0 heterocycles. The van der Waals surface area contributed by atoms with Crippen molar-refractivity contribution in [3.05, 3.63) is 0 Å². The van der Waals surface area contributed by atoms with Gasteiger partial charge in [0.25, 0.3) is 0 Å². The van der Waals surface area contributed by atoms with E-state index in [4.69, 9.17) is 4.74 Å². The van der Waals surface area contributed by atoms with Crippen LogP contribution in [-0.4, -0.2) is 38.3 Å². The summed E-state index contributed by atoms with van der Waals surface area (Å²) < 4.78 is 5.42. The first-order valence-corrected chi connectivity index (χ1v) is 5.69. The zero-order valence-electron chi connectivity index (χ0n) is 9.88. The van der Waals surface area contributed by atoms with E-state index in [1.54, 1.807) is 14.2 Å².